The van der Waals surface area contributed by atoms with E-state index in [1.807, 2.05) is 19.1 Å². The highest BCUT2D eigenvalue weighted by Crippen LogP contribution is 2.10. The molecule has 170 valence electrons. The average Bonchev–Trinajstić information content (AvgIpc) is 2.73. The predicted molar refractivity (Wildman–Crippen MR) is 112 cm³/mol. The van der Waals surface area contributed by atoms with E-state index in [9.17, 15) is 28.0 Å². The second-order valence-electron chi connectivity index (χ2n) is 6.95. The molecule has 0 unspecified atom stereocenters. The first kappa shape index (κ1) is 24.4. The van der Waals surface area contributed by atoms with Crippen molar-refractivity contribution in [2.45, 2.75) is 13.3 Å². The lowest BCUT2D eigenvalue weighted by atomic mass is 10.2. The van der Waals surface area contributed by atoms with Crippen molar-refractivity contribution in [3.63, 3.8) is 0 Å². The van der Waals surface area contributed by atoms with Crippen LogP contribution in [0.15, 0.2) is 42.5 Å². The van der Waals surface area contributed by atoms with Gasteiger partial charge in [0.15, 0.2) is 6.61 Å². The third-order valence-corrected chi connectivity index (χ3v) is 4.29. The fraction of sp³-hybridized carbons (Fsp3) is 0.273. The van der Waals surface area contributed by atoms with Gasteiger partial charge in [-0.15, -0.1) is 0 Å². The van der Waals surface area contributed by atoms with Crippen LogP contribution < -0.4 is 10.6 Å². The first-order valence-corrected chi connectivity index (χ1v) is 9.65. The van der Waals surface area contributed by atoms with E-state index in [4.69, 9.17) is 4.74 Å². The number of esters is 1. The molecule has 0 aliphatic carbocycles. The van der Waals surface area contributed by atoms with E-state index >= 15 is 0 Å². The Hall–Kier alpha value is -3.82. The number of amides is 3. The lowest BCUT2D eigenvalue weighted by Crippen LogP contribution is -2.37. The number of hydrogen-bond donors (Lipinski definition) is 2. The Kier molecular flexibility index (Phi) is 8.82. The number of nitrogens with one attached hydrogen (secondary N) is 2. The Morgan fingerprint density at radius 1 is 1.03 bits per heavy atom. The number of anilines is 1. The minimum atomic E-state index is -1.02. The largest absolute Gasteiger partial charge is 0.456 e. The molecule has 0 radical (unpaired) electrons. The number of likely N-dealkylation sites (N-methyl/N-ethyl adjacent to an activating group) is 1. The lowest BCUT2D eigenvalue weighted by Gasteiger charge is -2.17. The summed E-state index contributed by atoms with van der Waals surface area (Å²) in [5.41, 5.74) is 1.27. The van der Waals surface area contributed by atoms with Gasteiger partial charge in [0.05, 0.1) is 18.5 Å². The third kappa shape index (κ3) is 7.78. The highest BCUT2D eigenvalue weighted by molar-refractivity contribution is 5.95. The van der Waals surface area contributed by atoms with Crippen LogP contribution in [0.2, 0.25) is 0 Å². The van der Waals surface area contributed by atoms with Crippen LogP contribution in [-0.2, 0) is 19.1 Å². The van der Waals surface area contributed by atoms with E-state index in [1.165, 1.54) is 7.05 Å². The number of nitrogens with zero attached hydrogens (tertiary/aromatic N) is 1. The van der Waals surface area contributed by atoms with Crippen molar-refractivity contribution in [1.29, 1.82) is 0 Å². The fourth-order valence-electron chi connectivity index (χ4n) is 2.51. The molecule has 8 nitrogen and oxygen atoms in total. The van der Waals surface area contributed by atoms with Crippen LogP contribution in [0.1, 0.15) is 22.3 Å². The molecular formula is C22H23F2N3O5. The number of rotatable bonds is 9. The number of ether oxygens (including phenoxy) is 1. The normalized spacial score (nSPS) is 10.2. The molecule has 2 N–H and O–H groups in total. The first-order chi connectivity index (χ1) is 15.2. The van der Waals surface area contributed by atoms with Gasteiger partial charge >= 0.3 is 5.97 Å². The van der Waals surface area contributed by atoms with Gasteiger partial charge in [-0.1, -0.05) is 17.7 Å². The molecule has 32 heavy (non-hydrogen) atoms. The van der Waals surface area contributed by atoms with Crippen molar-refractivity contribution in [1.82, 2.24) is 10.2 Å². The molecule has 0 spiro atoms. The molecule has 2 rings (SSSR count). The summed E-state index contributed by atoms with van der Waals surface area (Å²) < 4.78 is 31.2. The highest BCUT2D eigenvalue weighted by atomic mass is 19.1. The maximum absolute atomic E-state index is 13.5. The maximum Gasteiger partial charge on any atom is 0.308 e. The maximum atomic E-state index is 13.5. The van der Waals surface area contributed by atoms with Crippen molar-refractivity contribution in [3.05, 3.63) is 65.2 Å². The van der Waals surface area contributed by atoms with E-state index in [-0.39, 0.29) is 25.1 Å². The molecule has 2 aromatic carbocycles. The van der Waals surface area contributed by atoms with E-state index in [2.05, 4.69) is 10.6 Å². The molecule has 0 aromatic heterocycles. The Labute approximate surface area is 183 Å². The van der Waals surface area contributed by atoms with Crippen LogP contribution in [0.3, 0.4) is 0 Å². The molecule has 0 aliphatic heterocycles. The van der Waals surface area contributed by atoms with Crippen molar-refractivity contribution in [2.24, 2.45) is 0 Å². The van der Waals surface area contributed by atoms with Crippen LogP contribution >= 0.6 is 0 Å². The fourth-order valence-corrected chi connectivity index (χ4v) is 2.51. The Morgan fingerprint density at radius 2 is 1.72 bits per heavy atom. The predicted octanol–water partition coefficient (Wildman–Crippen LogP) is 2.03. The molecule has 0 saturated carbocycles. The molecule has 0 saturated heterocycles. The van der Waals surface area contributed by atoms with Crippen molar-refractivity contribution in [2.75, 3.05) is 32.1 Å². The summed E-state index contributed by atoms with van der Waals surface area (Å²) in [6.07, 6.45) is -0.264. The first-order valence-electron chi connectivity index (χ1n) is 9.65. The van der Waals surface area contributed by atoms with E-state index < -0.39 is 41.9 Å². The minimum absolute atomic E-state index is 0.169. The highest BCUT2D eigenvalue weighted by Gasteiger charge is 2.16. The number of hydrogen-bond acceptors (Lipinski definition) is 5. The Morgan fingerprint density at radius 3 is 2.38 bits per heavy atom. The Balaban J connectivity index is 1.68. The summed E-state index contributed by atoms with van der Waals surface area (Å²) >= 11 is 0. The molecule has 0 atom stereocenters. The monoisotopic (exact) mass is 447 g/mol. The smallest absolute Gasteiger partial charge is 0.308 e. The van der Waals surface area contributed by atoms with Gasteiger partial charge in [0.1, 0.15) is 11.6 Å². The van der Waals surface area contributed by atoms with Gasteiger partial charge in [0.25, 0.3) is 11.8 Å². The molecule has 0 heterocycles. The summed E-state index contributed by atoms with van der Waals surface area (Å²) in [5.74, 6) is -4.42. The van der Waals surface area contributed by atoms with Crippen molar-refractivity contribution < 1.29 is 32.7 Å². The van der Waals surface area contributed by atoms with E-state index in [0.29, 0.717) is 11.8 Å². The Bertz CT molecular complexity index is 996. The number of carbonyl (C=O) groups is 4. The second-order valence-corrected chi connectivity index (χ2v) is 6.95. The molecule has 2 aromatic rings. The zero-order valence-corrected chi connectivity index (χ0v) is 17.6. The van der Waals surface area contributed by atoms with Gasteiger partial charge in [-0.3, -0.25) is 19.2 Å². The van der Waals surface area contributed by atoms with Crippen molar-refractivity contribution >= 4 is 29.4 Å². The van der Waals surface area contributed by atoms with Gasteiger partial charge in [-0.05, 0) is 31.2 Å². The molecule has 0 bridgehead atoms. The summed E-state index contributed by atoms with van der Waals surface area (Å²) in [6, 6.07) is 9.65. The van der Waals surface area contributed by atoms with Crippen LogP contribution in [0, 0.1) is 18.6 Å². The molecular weight excluding hydrogens is 424 g/mol. The zero-order chi connectivity index (χ0) is 23.7. The van der Waals surface area contributed by atoms with Crippen LogP contribution in [0.5, 0.6) is 0 Å². The zero-order valence-electron chi connectivity index (χ0n) is 17.6. The van der Waals surface area contributed by atoms with Gasteiger partial charge in [-0.2, -0.15) is 0 Å². The number of halogens is 2. The molecule has 10 heteroatoms. The minimum Gasteiger partial charge on any atom is -0.456 e. The third-order valence-electron chi connectivity index (χ3n) is 4.29. The summed E-state index contributed by atoms with van der Waals surface area (Å²) in [7, 11) is 1.39. The van der Waals surface area contributed by atoms with Gasteiger partial charge in [0, 0.05) is 25.3 Å². The van der Waals surface area contributed by atoms with Gasteiger partial charge in [0.2, 0.25) is 5.91 Å². The summed E-state index contributed by atoms with van der Waals surface area (Å²) in [6.45, 7) is 0.938. The topological polar surface area (TPSA) is 105 Å². The van der Waals surface area contributed by atoms with Crippen LogP contribution in [0.4, 0.5) is 14.5 Å². The second kappa shape index (κ2) is 11.5. The molecule has 0 fully saturated rings. The van der Waals surface area contributed by atoms with E-state index in [0.717, 1.165) is 22.6 Å². The average molecular weight is 447 g/mol. The van der Waals surface area contributed by atoms with Crippen LogP contribution in [-0.4, -0.2) is 55.3 Å². The standard InChI is InChI=1S/C22H23F2N3O5/c1-14-3-6-16(7-4-14)26-19(28)12-27(2)20(29)13-32-21(30)9-10-25-22(31)17-8-5-15(23)11-18(17)24/h3-8,11H,9-10,12-13H2,1-2H3,(H,25,31)(H,26,28). The summed E-state index contributed by atoms with van der Waals surface area (Å²) in [4.78, 5) is 48.7. The number of benzene rings is 2. The molecule has 3 amide bonds. The quantitative estimate of drug-likeness (QED) is 0.573. The summed E-state index contributed by atoms with van der Waals surface area (Å²) in [5, 5.41) is 4.95. The van der Waals surface area contributed by atoms with Gasteiger partial charge < -0.3 is 20.3 Å². The number of aryl methyl sites for hydroxylation is 1. The van der Waals surface area contributed by atoms with Gasteiger partial charge in [-0.25, -0.2) is 8.78 Å². The SMILES string of the molecule is Cc1ccc(NC(=O)CN(C)C(=O)COC(=O)CCNC(=O)c2ccc(F)cc2F)cc1. The number of carbonyl (C=O) groups excluding carboxylic acids is 4. The van der Waals surface area contributed by atoms with Crippen LogP contribution in [0.25, 0.3) is 0 Å². The lowest BCUT2D eigenvalue weighted by molar-refractivity contribution is -0.151. The van der Waals surface area contributed by atoms with E-state index in [1.54, 1.807) is 12.1 Å². The van der Waals surface area contributed by atoms with Crippen molar-refractivity contribution in [3.8, 4) is 0 Å². The molecule has 0 aliphatic rings.